The van der Waals surface area contributed by atoms with Crippen LogP contribution in [0.5, 0.6) is 17.2 Å². The Morgan fingerprint density at radius 1 is 1.08 bits per heavy atom. The van der Waals surface area contributed by atoms with Crippen LogP contribution in [0.1, 0.15) is 6.92 Å². The number of amides is 1. The summed E-state index contributed by atoms with van der Waals surface area (Å²) in [4.78, 5) is 12.3. The van der Waals surface area contributed by atoms with E-state index in [1.54, 1.807) is 25.1 Å². The zero-order valence-electron chi connectivity index (χ0n) is 13.4. The molecule has 7 heteroatoms. The SMILES string of the molecule is COc1ccc(NC(=O)[C@@H](C)Oc2ccc(F)cc2Br)cc1OC. The van der Waals surface area contributed by atoms with Crippen molar-refractivity contribution < 1.29 is 23.4 Å². The molecule has 0 heterocycles. The first-order valence-electron chi connectivity index (χ1n) is 7.09. The number of halogens is 2. The Morgan fingerprint density at radius 3 is 2.38 bits per heavy atom. The van der Waals surface area contributed by atoms with Crippen molar-refractivity contribution in [3.8, 4) is 17.2 Å². The molecule has 1 amide bonds. The van der Waals surface area contributed by atoms with Gasteiger partial charge in [-0.1, -0.05) is 0 Å². The summed E-state index contributed by atoms with van der Waals surface area (Å²) in [5.41, 5.74) is 0.547. The molecule has 2 rings (SSSR count). The summed E-state index contributed by atoms with van der Waals surface area (Å²) in [6.07, 6.45) is -0.778. The minimum atomic E-state index is -0.778. The van der Waals surface area contributed by atoms with Crippen molar-refractivity contribution in [3.05, 3.63) is 46.7 Å². The molecule has 0 saturated carbocycles. The Labute approximate surface area is 147 Å². The predicted molar refractivity (Wildman–Crippen MR) is 92.4 cm³/mol. The number of methoxy groups -OCH3 is 2. The fraction of sp³-hybridized carbons (Fsp3) is 0.235. The summed E-state index contributed by atoms with van der Waals surface area (Å²) in [6.45, 7) is 1.60. The van der Waals surface area contributed by atoms with E-state index in [1.807, 2.05) is 0 Å². The van der Waals surface area contributed by atoms with Crippen LogP contribution in [0.3, 0.4) is 0 Å². The van der Waals surface area contributed by atoms with Crippen LogP contribution in [0.2, 0.25) is 0 Å². The average Bonchev–Trinajstić information content (AvgIpc) is 2.57. The highest BCUT2D eigenvalue weighted by Gasteiger charge is 2.17. The maximum atomic E-state index is 13.1. The Balaban J connectivity index is 2.06. The number of hydrogen-bond acceptors (Lipinski definition) is 4. The van der Waals surface area contributed by atoms with Gasteiger partial charge in [-0.3, -0.25) is 4.79 Å². The number of ether oxygens (including phenoxy) is 3. The van der Waals surface area contributed by atoms with Gasteiger partial charge in [-0.2, -0.15) is 0 Å². The largest absolute Gasteiger partial charge is 0.493 e. The third kappa shape index (κ3) is 4.38. The summed E-state index contributed by atoms with van der Waals surface area (Å²) in [6, 6.07) is 9.03. The number of rotatable bonds is 6. The van der Waals surface area contributed by atoms with Crippen LogP contribution in [-0.2, 0) is 4.79 Å². The van der Waals surface area contributed by atoms with Crippen molar-refractivity contribution in [1.29, 1.82) is 0 Å². The molecule has 2 aromatic rings. The molecule has 2 aromatic carbocycles. The van der Waals surface area contributed by atoms with Crippen molar-refractivity contribution >= 4 is 27.5 Å². The first kappa shape index (κ1) is 18.1. The van der Waals surface area contributed by atoms with E-state index in [2.05, 4.69) is 21.2 Å². The molecule has 0 spiro atoms. The van der Waals surface area contributed by atoms with Gasteiger partial charge in [0.2, 0.25) is 0 Å². The topological polar surface area (TPSA) is 56.8 Å². The van der Waals surface area contributed by atoms with Crippen molar-refractivity contribution in [2.75, 3.05) is 19.5 Å². The Bertz CT molecular complexity index is 739. The Hall–Kier alpha value is -2.28. The maximum Gasteiger partial charge on any atom is 0.265 e. The van der Waals surface area contributed by atoms with Crippen LogP contribution in [0.4, 0.5) is 10.1 Å². The van der Waals surface area contributed by atoms with Crippen LogP contribution >= 0.6 is 15.9 Å². The molecule has 0 aliphatic heterocycles. The van der Waals surface area contributed by atoms with Gasteiger partial charge in [-0.25, -0.2) is 4.39 Å². The molecule has 0 unspecified atom stereocenters. The van der Waals surface area contributed by atoms with Gasteiger partial charge < -0.3 is 19.5 Å². The second-order valence-corrected chi connectivity index (χ2v) is 5.75. The molecule has 0 aromatic heterocycles. The third-order valence-corrected chi connectivity index (χ3v) is 3.84. The van der Waals surface area contributed by atoms with Crippen molar-refractivity contribution in [1.82, 2.24) is 0 Å². The zero-order valence-corrected chi connectivity index (χ0v) is 15.0. The zero-order chi connectivity index (χ0) is 17.7. The summed E-state index contributed by atoms with van der Waals surface area (Å²) in [5, 5.41) is 2.73. The lowest BCUT2D eigenvalue weighted by Crippen LogP contribution is -2.30. The van der Waals surface area contributed by atoms with Gasteiger partial charge in [0.1, 0.15) is 11.6 Å². The molecule has 0 aliphatic carbocycles. The van der Waals surface area contributed by atoms with E-state index in [9.17, 15) is 9.18 Å². The number of anilines is 1. The van der Waals surface area contributed by atoms with Gasteiger partial charge in [0.25, 0.3) is 5.91 Å². The van der Waals surface area contributed by atoms with Crippen LogP contribution in [0, 0.1) is 5.82 Å². The second-order valence-electron chi connectivity index (χ2n) is 4.89. The highest BCUT2D eigenvalue weighted by atomic mass is 79.9. The average molecular weight is 398 g/mol. The predicted octanol–water partition coefficient (Wildman–Crippen LogP) is 4.01. The quantitative estimate of drug-likeness (QED) is 0.799. The van der Waals surface area contributed by atoms with Gasteiger partial charge in [-0.15, -0.1) is 0 Å². The molecule has 1 atom stereocenters. The minimum absolute atomic E-state index is 0.349. The normalized spacial score (nSPS) is 11.5. The highest BCUT2D eigenvalue weighted by Crippen LogP contribution is 2.30. The fourth-order valence-corrected chi connectivity index (χ4v) is 2.42. The van der Waals surface area contributed by atoms with Gasteiger partial charge in [0.05, 0.1) is 18.7 Å². The van der Waals surface area contributed by atoms with Crippen molar-refractivity contribution in [2.45, 2.75) is 13.0 Å². The lowest BCUT2D eigenvalue weighted by molar-refractivity contribution is -0.122. The molecular weight excluding hydrogens is 381 g/mol. The van der Waals surface area contributed by atoms with Gasteiger partial charge in [0, 0.05) is 11.8 Å². The van der Waals surface area contributed by atoms with E-state index in [4.69, 9.17) is 14.2 Å². The molecule has 5 nitrogen and oxygen atoms in total. The summed E-state index contributed by atoms with van der Waals surface area (Å²) in [7, 11) is 3.05. The van der Waals surface area contributed by atoms with E-state index < -0.39 is 11.9 Å². The van der Waals surface area contributed by atoms with Crippen LogP contribution in [0.15, 0.2) is 40.9 Å². The molecule has 0 aliphatic rings. The molecule has 0 saturated heterocycles. The molecule has 24 heavy (non-hydrogen) atoms. The first-order chi connectivity index (χ1) is 11.4. The number of carbonyl (C=O) groups excluding carboxylic acids is 1. The van der Waals surface area contributed by atoms with E-state index in [-0.39, 0.29) is 5.91 Å². The molecule has 1 N–H and O–H groups in total. The standard InChI is InChI=1S/C17H17BrFNO4/c1-10(24-14-6-4-11(19)8-13(14)18)17(21)20-12-5-7-15(22-2)16(9-12)23-3/h4-10H,1-3H3,(H,20,21)/t10-/m1/s1. The van der Waals surface area contributed by atoms with E-state index in [0.29, 0.717) is 27.4 Å². The van der Waals surface area contributed by atoms with E-state index >= 15 is 0 Å². The number of nitrogens with one attached hydrogen (secondary N) is 1. The van der Waals surface area contributed by atoms with Crippen molar-refractivity contribution in [3.63, 3.8) is 0 Å². The maximum absolute atomic E-state index is 13.1. The molecule has 0 fully saturated rings. The van der Waals surface area contributed by atoms with Crippen LogP contribution in [-0.4, -0.2) is 26.2 Å². The summed E-state index contributed by atoms with van der Waals surface area (Å²) < 4.78 is 29.4. The summed E-state index contributed by atoms with van der Waals surface area (Å²) in [5.74, 6) is 0.710. The lowest BCUT2D eigenvalue weighted by atomic mass is 10.2. The molecule has 128 valence electrons. The van der Waals surface area contributed by atoms with Gasteiger partial charge in [0.15, 0.2) is 17.6 Å². The van der Waals surface area contributed by atoms with Gasteiger partial charge >= 0.3 is 0 Å². The molecular formula is C17H17BrFNO4. The molecule has 0 radical (unpaired) electrons. The minimum Gasteiger partial charge on any atom is -0.493 e. The lowest BCUT2D eigenvalue weighted by Gasteiger charge is -2.16. The van der Waals surface area contributed by atoms with E-state index in [1.165, 1.54) is 32.4 Å². The van der Waals surface area contributed by atoms with Crippen molar-refractivity contribution in [2.24, 2.45) is 0 Å². The van der Waals surface area contributed by atoms with E-state index in [0.717, 1.165) is 0 Å². The summed E-state index contributed by atoms with van der Waals surface area (Å²) >= 11 is 3.20. The number of carbonyl (C=O) groups is 1. The third-order valence-electron chi connectivity index (χ3n) is 3.22. The second kappa shape index (κ2) is 8.01. The fourth-order valence-electron chi connectivity index (χ4n) is 1.97. The first-order valence-corrected chi connectivity index (χ1v) is 7.88. The van der Waals surface area contributed by atoms with Crippen LogP contribution in [0.25, 0.3) is 0 Å². The van der Waals surface area contributed by atoms with Gasteiger partial charge in [-0.05, 0) is 53.2 Å². The Kier molecular flexibility index (Phi) is 6.03. The number of benzene rings is 2. The smallest absolute Gasteiger partial charge is 0.265 e. The highest BCUT2D eigenvalue weighted by molar-refractivity contribution is 9.10. The molecule has 0 bridgehead atoms. The van der Waals surface area contributed by atoms with Crippen LogP contribution < -0.4 is 19.5 Å². The number of hydrogen-bond donors (Lipinski definition) is 1. The monoisotopic (exact) mass is 397 g/mol. The Morgan fingerprint density at radius 2 is 1.75 bits per heavy atom.